The number of halogens is 3. The molecule has 0 amide bonds. The lowest BCUT2D eigenvalue weighted by atomic mass is 10.1. The van der Waals surface area contributed by atoms with Gasteiger partial charge in [0, 0.05) is 16.5 Å². The second-order valence-corrected chi connectivity index (χ2v) is 8.06. The second kappa shape index (κ2) is 5.89. The molecule has 110 valence electrons. The Labute approximate surface area is 143 Å². The number of fused-ring (bicyclic) bond motifs is 1. The molecule has 3 aromatic heterocycles. The number of nitrogens with zero attached hydrogens (tertiary/aromatic N) is 1. The first-order valence-corrected chi connectivity index (χ1v) is 9.00. The van der Waals surface area contributed by atoms with Gasteiger partial charge in [-0.15, -0.1) is 34.3 Å². The summed E-state index contributed by atoms with van der Waals surface area (Å²) in [7, 11) is 0. The van der Waals surface area contributed by atoms with E-state index in [1.165, 1.54) is 22.7 Å². The predicted octanol–water partition coefficient (Wildman–Crippen LogP) is 5.71. The van der Waals surface area contributed by atoms with Crippen molar-refractivity contribution in [3.63, 3.8) is 0 Å². The van der Waals surface area contributed by atoms with Gasteiger partial charge in [-0.2, -0.15) is 0 Å². The van der Waals surface area contributed by atoms with Crippen molar-refractivity contribution in [1.29, 1.82) is 0 Å². The molecule has 0 saturated carbocycles. The molecule has 0 spiro atoms. The van der Waals surface area contributed by atoms with Crippen molar-refractivity contribution in [3.05, 3.63) is 36.3 Å². The summed E-state index contributed by atoms with van der Waals surface area (Å²) < 4.78 is 1.15. The van der Waals surface area contributed by atoms with E-state index in [0.29, 0.717) is 31.1 Å². The highest BCUT2D eigenvalue weighted by atomic mass is 35.5. The Hall–Kier alpha value is -0.590. The van der Waals surface area contributed by atoms with Crippen LogP contribution in [0.5, 0.6) is 0 Å². The third-order valence-corrected chi connectivity index (χ3v) is 5.94. The van der Waals surface area contributed by atoms with Crippen molar-refractivity contribution in [2.75, 3.05) is 0 Å². The zero-order valence-corrected chi connectivity index (χ0v) is 14.6. The fourth-order valence-corrected chi connectivity index (χ4v) is 4.57. The van der Waals surface area contributed by atoms with Crippen LogP contribution in [0.3, 0.4) is 0 Å². The van der Waals surface area contributed by atoms with Gasteiger partial charge in [0.25, 0.3) is 5.56 Å². The number of nitrogens with one attached hydrogen (secondary N) is 1. The molecule has 1 atom stereocenters. The van der Waals surface area contributed by atoms with Crippen LogP contribution in [0.15, 0.2) is 16.2 Å². The average molecular weight is 380 g/mol. The number of thiophene rings is 2. The van der Waals surface area contributed by atoms with Gasteiger partial charge in [-0.25, -0.2) is 4.98 Å². The van der Waals surface area contributed by atoms with E-state index in [4.69, 9.17) is 34.8 Å². The predicted molar refractivity (Wildman–Crippen MR) is 92.5 cm³/mol. The normalized spacial score (nSPS) is 13.0. The van der Waals surface area contributed by atoms with E-state index in [0.717, 1.165) is 11.1 Å². The fourth-order valence-electron chi connectivity index (χ4n) is 2.03. The Bertz CT molecular complexity index is 868. The van der Waals surface area contributed by atoms with Gasteiger partial charge in [-0.3, -0.25) is 4.79 Å². The van der Waals surface area contributed by atoms with Crippen LogP contribution in [0.25, 0.3) is 21.3 Å². The van der Waals surface area contributed by atoms with Gasteiger partial charge in [-0.1, -0.05) is 30.1 Å². The van der Waals surface area contributed by atoms with Gasteiger partial charge in [0.2, 0.25) is 0 Å². The lowest BCUT2D eigenvalue weighted by Crippen LogP contribution is -2.12. The Morgan fingerprint density at radius 1 is 1.38 bits per heavy atom. The number of rotatable bonds is 3. The molecule has 3 rings (SSSR count). The molecule has 0 aliphatic heterocycles. The largest absolute Gasteiger partial charge is 0.309 e. The molecular formula is C13H9Cl3N2OS2. The van der Waals surface area contributed by atoms with Crippen LogP contribution in [0.1, 0.15) is 24.5 Å². The number of aromatic nitrogens is 2. The van der Waals surface area contributed by atoms with Crippen molar-refractivity contribution < 1.29 is 0 Å². The molecule has 0 bridgehead atoms. The molecule has 0 aliphatic carbocycles. The Balaban J connectivity index is 2.24. The average Bonchev–Trinajstić information content (AvgIpc) is 3.01. The van der Waals surface area contributed by atoms with Crippen LogP contribution in [0, 0.1) is 0 Å². The fraction of sp³-hybridized carbons (Fsp3) is 0.231. The highest BCUT2D eigenvalue weighted by Crippen LogP contribution is 2.41. The van der Waals surface area contributed by atoms with Gasteiger partial charge < -0.3 is 4.98 Å². The van der Waals surface area contributed by atoms with Crippen molar-refractivity contribution in [2.24, 2.45) is 0 Å². The first kappa shape index (κ1) is 15.3. The molecule has 21 heavy (non-hydrogen) atoms. The Kier molecular flexibility index (Phi) is 4.30. The van der Waals surface area contributed by atoms with Crippen LogP contribution in [-0.2, 0) is 0 Å². The summed E-state index contributed by atoms with van der Waals surface area (Å²) in [4.78, 5) is 20.2. The lowest BCUT2D eigenvalue weighted by Gasteiger charge is -2.05. The van der Waals surface area contributed by atoms with Gasteiger partial charge in [0.1, 0.15) is 15.0 Å². The highest BCUT2D eigenvalue weighted by molar-refractivity contribution is 7.20. The quantitative estimate of drug-likeness (QED) is 0.592. The molecule has 0 fully saturated rings. The summed E-state index contributed by atoms with van der Waals surface area (Å²) in [5, 5.41) is 2.10. The summed E-state index contributed by atoms with van der Waals surface area (Å²) in [5.74, 6) is 0.500. The first-order chi connectivity index (χ1) is 10.0. The minimum absolute atomic E-state index is 0.205. The lowest BCUT2D eigenvalue weighted by molar-refractivity contribution is 0.807. The molecule has 0 aliphatic rings. The zero-order chi connectivity index (χ0) is 15.1. The summed E-state index contributed by atoms with van der Waals surface area (Å²) in [6.45, 7) is 1.94. The zero-order valence-electron chi connectivity index (χ0n) is 10.7. The van der Waals surface area contributed by atoms with E-state index in [1.54, 1.807) is 6.07 Å². The molecule has 1 unspecified atom stereocenters. The van der Waals surface area contributed by atoms with Gasteiger partial charge in [-0.05, 0) is 12.5 Å². The summed E-state index contributed by atoms with van der Waals surface area (Å²) in [5.41, 5.74) is 1.31. The molecule has 3 nitrogen and oxygen atoms in total. The molecule has 0 aromatic carbocycles. The second-order valence-electron chi connectivity index (χ2n) is 4.39. The van der Waals surface area contributed by atoms with Crippen molar-refractivity contribution in [1.82, 2.24) is 9.97 Å². The van der Waals surface area contributed by atoms with Crippen LogP contribution in [0.4, 0.5) is 0 Å². The summed E-state index contributed by atoms with van der Waals surface area (Å²) in [6, 6.07) is 1.76. The minimum Gasteiger partial charge on any atom is -0.309 e. The molecule has 8 heteroatoms. The monoisotopic (exact) mass is 378 g/mol. The van der Waals surface area contributed by atoms with Crippen molar-refractivity contribution in [2.45, 2.75) is 18.7 Å². The van der Waals surface area contributed by atoms with Gasteiger partial charge in [0.05, 0.1) is 15.1 Å². The van der Waals surface area contributed by atoms with E-state index in [1.807, 2.05) is 12.3 Å². The number of alkyl halides is 1. The molecule has 0 radical (unpaired) electrons. The SMILES string of the molecule is CCC(Cl)c1nc2scc(-c3cc(Cl)sc3Cl)c2c(=O)[nH]1. The van der Waals surface area contributed by atoms with E-state index < -0.39 is 0 Å². The molecule has 0 saturated heterocycles. The van der Waals surface area contributed by atoms with Gasteiger partial charge >= 0.3 is 0 Å². The van der Waals surface area contributed by atoms with E-state index in [-0.39, 0.29) is 10.9 Å². The third kappa shape index (κ3) is 2.73. The Morgan fingerprint density at radius 3 is 2.76 bits per heavy atom. The van der Waals surface area contributed by atoms with E-state index >= 15 is 0 Å². The van der Waals surface area contributed by atoms with Crippen molar-refractivity contribution >= 4 is 67.7 Å². The maximum absolute atomic E-state index is 12.4. The number of hydrogen-bond acceptors (Lipinski definition) is 4. The van der Waals surface area contributed by atoms with Crippen LogP contribution >= 0.6 is 57.5 Å². The highest BCUT2D eigenvalue weighted by Gasteiger charge is 2.18. The van der Waals surface area contributed by atoms with E-state index in [9.17, 15) is 4.79 Å². The number of H-pyrrole nitrogens is 1. The summed E-state index contributed by atoms with van der Waals surface area (Å²) in [6.07, 6.45) is 0.695. The third-order valence-electron chi connectivity index (χ3n) is 3.06. The summed E-state index contributed by atoms with van der Waals surface area (Å²) >= 11 is 21.0. The molecule has 3 aromatic rings. The van der Waals surface area contributed by atoms with Crippen LogP contribution in [0.2, 0.25) is 8.67 Å². The van der Waals surface area contributed by atoms with Crippen LogP contribution < -0.4 is 5.56 Å². The van der Waals surface area contributed by atoms with Crippen molar-refractivity contribution in [3.8, 4) is 11.1 Å². The molecule has 1 N–H and O–H groups in total. The minimum atomic E-state index is -0.299. The maximum Gasteiger partial charge on any atom is 0.260 e. The number of hydrogen-bond donors (Lipinski definition) is 1. The topological polar surface area (TPSA) is 45.8 Å². The standard InChI is InChI=1S/C13H9Cl3N2OS2/c1-2-7(14)11-17-12(19)9-6(4-20-13(9)18-11)5-3-8(15)21-10(5)16/h3-4,7H,2H2,1H3,(H,17,18,19). The van der Waals surface area contributed by atoms with Gasteiger partial charge in [0.15, 0.2) is 0 Å². The maximum atomic E-state index is 12.4. The molecule has 3 heterocycles. The Morgan fingerprint density at radius 2 is 2.14 bits per heavy atom. The van der Waals surface area contributed by atoms with Crippen LogP contribution in [-0.4, -0.2) is 9.97 Å². The molecular weight excluding hydrogens is 371 g/mol. The first-order valence-electron chi connectivity index (χ1n) is 6.12. The smallest absolute Gasteiger partial charge is 0.260 e. The number of aromatic amines is 1. The van der Waals surface area contributed by atoms with E-state index in [2.05, 4.69) is 9.97 Å².